The number of carbonyl (C=O) groups is 1. The van der Waals surface area contributed by atoms with Crippen LogP contribution in [0.4, 0.5) is 0 Å². The predicted molar refractivity (Wildman–Crippen MR) is 110 cm³/mol. The number of nitrogens with zero attached hydrogens (tertiary/aromatic N) is 2. The van der Waals surface area contributed by atoms with Crippen molar-refractivity contribution in [1.29, 1.82) is 5.26 Å². The van der Waals surface area contributed by atoms with Crippen molar-refractivity contribution in [3.63, 3.8) is 0 Å². The average molecular weight is 415 g/mol. The second kappa shape index (κ2) is 9.49. The molecule has 1 aromatic carbocycles. The molecule has 5 atom stereocenters. The molecular formula is C22H26N2O4S. The van der Waals surface area contributed by atoms with E-state index >= 15 is 0 Å². The fraction of sp³-hybridized carbons (Fsp3) is 0.500. The monoisotopic (exact) mass is 414 g/mol. The molecule has 0 amide bonds. The van der Waals surface area contributed by atoms with Gasteiger partial charge in [-0.05, 0) is 49.1 Å². The zero-order valence-corrected chi connectivity index (χ0v) is 17.2. The van der Waals surface area contributed by atoms with E-state index in [4.69, 9.17) is 5.11 Å². The van der Waals surface area contributed by atoms with Gasteiger partial charge in [-0.15, -0.1) is 11.3 Å². The lowest BCUT2D eigenvalue weighted by molar-refractivity contribution is 0.0702. The zero-order valence-electron chi connectivity index (χ0n) is 16.4. The van der Waals surface area contributed by atoms with Crippen LogP contribution in [-0.2, 0) is 6.42 Å². The fourth-order valence-electron chi connectivity index (χ4n) is 4.31. The van der Waals surface area contributed by atoms with Gasteiger partial charge in [0, 0.05) is 5.92 Å². The van der Waals surface area contributed by atoms with E-state index in [2.05, 4.69) is 11.1 Å². The number of aliphatic hydroxyl groups is 2. The minimum Gasteiger partial charge on any atom is -0.477 e. The van der Waals surface area contributed by atoms with Crippen LogP contribution in [0.5, 0.6) is 0 Å². The molecule has 0 saturated heterocycles. The Morgan fingerprint density at radius 2 is 2.10 bits per heavy atom. The summed E-state index contributed by atoms with van der Waals surface area (Å²) in [6, 6.07) is 10.1. The van der Waals surface area contributed by atoms with Gasteiger partial charge in [-0.2, -0.15) is 5.26 Å². The highest BCUT2D eigenvalue weighted by Crippen LogP contribution is 2.46. The van der Waals surface area contributed by atoms with Crippen molar-refractivity contribution in [2.75, 3.05) is 0 Å². The van der Waals surface area contributed by atoms with Crippen molar-refractivity contribution >= 4 is 17.3 Å². The molecular weight excluding hydrogens is 388 g/mol. The number of benzene rings is 1. The maximum absolute atomic E-state index is 11.0. The first kappa shape index (κ1) is 21.4. The average Bonchev–Trinajstić information content (AvgIpc) is 3.32. The molecule has 0 aliphatic heterocycles. The maximum Gasteiger partial charge on any atom is 0.347 e. The highest BCUT2D eigenvalue weighted by atomic mass is 32.1. The van der Waals surface area contributed by atoms with Crippen molar-refractivity contribution in [2.45, 2.75) is 57.2 Å². The molecule has 154 valence electrons. The lowest BCUT2D eigenvalue weighted by atomic mass is 9.81. The van der Waals surface area contributed by atoms with Gasteiger partial charge in [0.25, 0.3) is 0 Å². The quantitative estimate of drug-likeness (QED) is 0.603. The normalized spacial score (nSPS) is 24.9. The number of carboxylic acids is 1. The molecule has 1 fully saturated rings. The van der Waals surface area contributed by atoms with Crippen molar-refractivity contribution < 1.29 is 20.1 Å². The molecule has 7 heteroatoms. The Hall–Kier alpha value is -2.27. The summed E-state index contributed by atoms with van der Waals surface area (Å²) in [6.07, 6.45) is 3.65. The topological polar surface area (TPSA) is 114 Å². The maximum atomic E-state index is 11.0. The van der Waals surface area contributed by atoms with E-state index in [-0.39, 0.29) is 22.6 Å². The largest absolute Gasteiger partial charge is 0.477 e. The molecule has 1 saturated carbocycles. The molecule has 2 aromatic rings. The first-order chi connectivity index (χ1) is 13.9. The number of hydrogen-bond donors (Lipinski definition) is 3. The molecule has 1 aliphatic carbocycles. The summed E-state index contributed by atoms with van der Waals surface area (Å²) in [7, 11) is 0. The number of aromatic carboxylic acids is 1. The van der Waals surface area contributed by atoms with Gasteiger partial charge < -0.3 is 15.3 Å². The Balaban J connectivity index is 1.70. The molecule has 6 nitrogen and oxygen atoms in total. The van der Waals surface area contributed by atoms with Crippen LogP contribution in [0, 0.1) is 23.2 Å². The highest BCUT2D eigenvalue weighted by molar-refractivity contribution is 7.13. The summed E-state index contributed by atoms with van der Waals surface area (Å²) in [5.74, 6) is -1.25. The smallest absolute Gasteiger partial charge is 0.347 e. The Morgan fingerprint density at radius 1 is 1.38 bits per heavy atom. The Labute approximate surface area is 174 Å². The number of carboxylic acid groups (broad SMARTS) is 1. The number of aromatic nitrogens is 1. The van der Waals surface area contributed by atoms with E-state index in [1.165, 1.54) is 17.5 Å². The Kier molecular flexibility index (Phi) is 7.01. The van der Waals surface area contributed by atoms with E-state index in [1.54, 1.807) is 0 Å². The summed E-state index contributed by atoms with van der Waals surface area (Å²) in [6.45, 7) is 1.93. The van der Waals surface area contributed by atoms with Crippen LogP contribution in [-0.4, -0.2) is 32.4 Å². The third kappa shape index (κ3) is 4.84. The van der Waals surface area contributed by atoms with Gasteiger partial charge in [-0.3, -0.25) is 0 Å². The van der Waals surface area contributed by atoms with Crippen molar-refractivity contribution in [3.8, 4) is 6.07 Å². The molecule has 3 N–H and O–H groups in total. The van der Waals surface area contributed by atoms with E-state index in [1.807, 2.05) is 31.2 Å². The van der Waals surface area contributed by atoms with Crippen LogP contribution in [0.3, 0.4) is 0 Å². The van der Waals surface area contributed by atoms with Crippen molar-refractivity contribution in [3.05, 3.63) is 51.5 Å². The molecule has 0 spiro atoms. The number of aliphatic hydroxyl groups excluding tert-OH is 2. The minimum atomic E-state index is -0.964. The fourth-order valence-corrected chi connectivity index (χ4v) is 5.10. The first-order valence-electron chi connectivity index (χ1n) is 9.98. The van der Waals surface area contributed by atoms with Crippen LogP contribution in [0.1, 0.15) is 70.4 Å². The molecule has 1 aromatic heterocycles. The number of rotatable bonds is 8. The Bertz CT molecular complexity index is 874. The number of aryl methyl sites for hydroxylation is 1. The van der Waals surface area contributed by atoms with Gasteiger partial charge >= 0.3 is 5.97 Å². The third-order valence-electron chi connectivity index (χ3n) is 5.84. The van der Waals surface area contributed by atoms with Crippen LogP contribution in [0.2, 0.25) is 0 Å². The first-order valence-corrected chi connectivity index (χ1v) is 10.8. The standard InChI is InChI=1S/C22H26N2O4S/c1-2-17(25)13-6-8-14(9-7-13)21-16(15(11-23)10-18(21)26)4-3-5-20-24-12-19(29-20)22(27)28/h6-9,12,15-18,21,25-26H,2-5,10H2,1H3,(H,27,28)/t15-,16?,17?,18+,21?/m0/s1. The second-order valence-electron chi connectivity index (χ2n) is 7.63. The number of thiazole rings is 1. The number of nitriles is 1. The summed E-state index contributed by atoms with van der Waals surface area (Å²) in [5, 5.41) is 40.0. The Morgan fingerprint density at radius 3 is 2.69 bits per heavy atom. The molecule has 0 radical (unpaired) electrons. The molecule has 29 heavy (non-hydrogen) atoms. The molecule has 3 unspecified atom stereocenters. The van der Waals surface area contributed by atoms with Crippen LogP contribution in [0.25, 0.3) is 0 Å². The molecule has 3 rings (SSSR count). The molecule has 1 aliphatic rings. The lowest BCUT2D eigenvalue weighted by Gasteiger charge is -2.24. The molecule has 0 bridgehead atoms. The lowest BCUT2D eigenvalue weighted by Crippen LogP contribution is -2.18. The summed E-state index contributed by atoms with van der Waals surface area (Å²) in [4.78, 5) is 15.4. The summed E-state index contributed by atoms with van der Waals surface area (Å²) >= 11 is 1.19. The zero-order chi connectivity index (χ0) is 21.0. The van der Waals surface area contributed by atoms with Crippen LogP contribution in [0.15, 0.2) is 30.5 Å². The van der Waals surface area contributed by atoms with Crippen molar-refractivity contribution in [2.24, 2.45) is 11.8 Å². The summed E-state index contributed by atoms with van der Waals surface area (Å²) < 4.78 is 0. The number of hydrogen-bond acceptors (Lipinski definition) is 6. The van der Waals surface area contributed by atoms with Gasteiger partial charge in [0.05, 0.1) is 35.4 Å². The third-order valence-corrected chi connectivity index (χ3v) is 6.88. The molecule has 1 heterocycles. The van der Waals surface area contributed by atoms with E-state index < -0.39 is 18.2 Å². The van der Waals surface area contributed by atoms with Gasteiger partial charge in [0.2, 0.25) is 0 Å². The SMILES string of the molecule is CCC(O)c1ccc(C2C(CCCc3ncc(C(=O)O)s3)[C@H](C#N)C[C@H]2O)cc1. The predicted octanol–water partition coefficient (Wildman–Crippen LogP) is 3.91. The van der Waals surface area contributed by atoms with Crippen molar-refractivity contribution in [1.82, 2.24) is 4.98 Å². The van der Waals surface area contributed by atoms with Gasteiger partial charge in [0.15, 0.2) is 0 Å². The van der Waals surface area contributed by atoms with Gasteiger partial charge in [-0.25, -0.2) is 9.78 Å². The highest BCUT2D eigenvalue weighted by Gasteiger charge is 2.43. The van der Waals surface area contributed by atoms with Gasteiger partial charge in [-0.1, -0.05) is 31.2 Å². The van der Waals surface area contributed by atoms with Gasteiger partial charge in [0.1, 0.15) is 4.88 Å². The van der Waals surface area contributed by atoms with E-state index in [9.17, 15) is 20.3 Å². The minimum absolute atomic E-state index is 0.0378. The van der Waals surface area contributed by atoms with Crippen LogP contribution >= 0.6 is 11.3 Å². The van der Waals surface area contributed by atoms with E-state index in [0.29, 0.717) is 19.3 Å². The van der Waals surface area contributed by atoms with E-state index in [0.717, 1.165) is 29.0 Å². The summed E-state index contributed by atoms with van der Waals surface area (Å²) in [5.41, 5.74) is 1.85. The van der Waals surface area contributed by atoms with Crippen LogP contribution < -0.4 is 0 Å². The second-order valence-corrected chi connectivity index (χ2v) is 8.75.